The third-order valence-corrected chi connectivity index (χ3v) is 4.96. The number of methoxy groups -OCH3 is 1. The van der Waals surface area contributed by atoms with E-state index in [9.17, 15) is 4.79 Å². The van der Waals surface area contributed by atoms with Gasteiger partial charge in [-0.3, -0.25) is 9.69 Å². The smallest absolute Gasteiger partial charge is 0.224 e. The van der Waals surface area contributed by atoms with Crippen LogP contribution in [-0.2, 0) is 16.0 Å². The summed E-state index contributed by atoms with van der Waals surface area (Å²) in [7, 11) is 1.64. The van der Waals surface area contributed by atoms with Crippen molar-refractivity contribution in [3.63, 3.8) is 0 Å². The van der Waals surface area contributed by atoms with Gasteiger partial charge in [-0.25, -0.2) is 0 Å². The van der Waals surface area contributed by atoms with Gasteiger partial charge in [0.05, 0.1) is 32.8 Å². The first-order valence-electron chi connectivity index (χ1n) is 9.43. The van der Waals surface area contributed by atoms with E-state index in [1.807, 2.05) is 24.3 Å². The van der Waals surface area contributed by atoms with Gasteiger partial charge in [-0.2, -0.15) is 0 Å². The van der Waals surface area contributed by atoms with Crippen molar-refractivity contribution in [1.29, 1.82) is 0 Å². The molecule has 1 atom stereocenters. The van der Waals surface area contributed by atoms with Crippen LogP contribution in [0.25, 0.3) is 0 Å². The molecule has 27 heavy (non-hydrogen) atoms. The van der Waals surface area contributed by atoms with E-state index in [2.05, 4.69) is 41.4 Å². The molecule has 0 saturated carbocycles. The van der Waals surface area contributed by atoms with E-state index in [0.29, 0.717) is 13.0 Å². The van der Waals surface area contributed by atoms with Gasteiger partial charge in [0.1, 0.15) is 5.75 Å². The van der Waals surface area contributed by atoms with Gasteiger partial charge in [-0.05, 0) is 30.2 Å². The summed E-state index contributed by atoms with van der Waals surface area (Å²) in [4.78, 5) is 14.8. The van der Waals surface area contributed by atoms with Gasteiger partial charge in [0.25, 0.3) is 0 Å². The van der Waals surface area contributed by atoms with Crippen LogP contribution in [0.1, 0.15) is 22.7 Å². The summed E-state index contributed by atoms with van der Waals surface area (Å²) in [5.41, 5.74) is 3.45. The molecular formula is C22H28N2O3. The number of carbonyl (C=O) groups excluding carboxylic acids is 1. The molecule has 0 bridgehead atoms. The predicted octanol–water partition coefficient (Wildman–Crippen LogP) is 2.74. The van der Waals surface area contributed by atoms with Crippen LogP contribution in [0.2, 0.25) is 0 Å². The van der Waals surface area contributed by atoms with E-state index in [1.54, 1.807) is 7.11 Å². The molecule has 1 aliphatic heterocycles. The average Bonchev–Trinajstić information content (AvgIpc) is 2.71. The Morgan fingerprint density at radius 3 is 2.41 bits per heavy atom. The Labute approximate surface area is 161 Å². The zero-order valence-corrected chi connectivity index (χ0v) is 16.1. The second-order valence-corrected chi connectivity index (χ2v) is 6.90. The van der Waals surface area contributed by atoms with E-state index in [4.69, 9.17) is 9.47 Å². The minimum Gasteiger partial charge on any atom is -0.497 e. The molecule has 1 fully saturated rings. The highest BCUT2D eigenvalue weighted by molar-refractivity contribution is 5.78. The zero-order chi connectivity index (χ0) is 19.1. The van der Waals surface area contributed by atoms with Crippen molar-refractivity contribution in [2.45, 2.75) is 19.4 Å². The Balaban J connectivity index is 1.62. The van der Waals surface area contributed by atoms with Crippen LogP contribution in [0.5, 0.6) is 5.75 Å². The van der Waals surface area contributed by atoms with Crippen molar-refractivity contribution in [2.24, 2.45) is 0 Å². The van der Waals surface area contributed by atoms with Crippen LogP contribution >= 0.6 is 0 Å². The van der Waals surface area contributed by atoms with Crippen LogP contribution in [0, 0.1) is 6.92 Å². The molecule has 1 saturated heterocycles. The molecule has 1 N–H and O–H groups in total. The van der Waals surface area contributed by atoms with Crippen molar-refractivity contribution in [3.05, 3.63) is 65.2 Å². The number of amides is 1. The van der Waals surface area contributed by atoms with E-state index < -0.39 is 0 Å². The molecule has 1 amide bonds. The molecule has 0 aromatic heterocycles. The minimum absolute atomic E-state index is 0.0329. The number of aryl methyl sites for hydroxylation is 1. The minimum atomic E-state index is 0.0329. The third-order valence-electron chi connectivity index (χ3n) is 4.96. The Morgan fingerprint density at radius 1 is 1.11 bits per heavy atom. The van der Waals surface area contributed by atoms with Crippen molar-refractivity contribution < 1.29 is 14.3 Å². The summed E-state index contributed by atoms with van der Waals surface area (Å²) in [6, 6.07) is 16.3. The molecule has 1 aliphatic rings. The summed E-state index contributed by atoms with van der Waals surface area (Å²) in [6.45, 7) is 5.92. The SMILES string of the molecule is COc1ccc(CC(=O)NCC(c2ccc(C)cc2)N2CCOCC2)cc1. The number of hydrogen-bond donors (Lipinski definition) is 1. The quantitative estimate of drug-likeness (QED) is 0.816. The lowest BCUT2D eigenvalue weighted by molar-refractivity contribution is -0.120. The molecule has 3 rings (SSSR count). The number of benzene rings is 2. The fourth-order valence-corrected chi connectivity index (χ4v) is 3.34. The fraction of sp³-hybridized carbons (Fsp3) is 0.409. The van der Waals surface area contributed by atoms with Crippen LogP contribution < -0.4 is 10.1 Å². The summed E-state index contributed by atoms with van der Waals surface area (Å²) >= 11 is 0. The lowest BCUT2D eigenvalue weighted by Crippen LogP contribution is -2.44. The molecule has 144 valence electrons. The van der Waals surface area contributed by atoms with Crippen LogP contribution in [0.3, 0.4) is 0 Å². The second kappa shape index (κ2) is 9.53. The monoisotopic (exact) mass is 368 g/mol. The first-order valence-corrected chi connectivity index (χ1v) is 9.43. The molecule has 2 aromatic rings. The lowest BCUT2D eigenvalue weighted by Gasteiger charge is -2.35. The Kier molecular flexibility index (Phi) is 6.85. The van der Waals surface area contributed by atoms with Crippen molar-refractivity contribution in [1.82, 2.24) is 10.2 Å². The maximum Gasteiger partial charge on any atom is 0.224 e. The largest absolute Gasteiger partial charge is 0.497 e. The molecule has 0 spiro atoms. The third kappa shape index (κ3) is 5.55. The molecular weight excluding hydrogens is 340 g/mol. The van der Waals surface area contributed by atoms with Crippen molar-refractivity contribution in [3.8, 4) is 5.75 Å². The average molecular weight is 368 g/mol. The number of carbonyl (C=O) groups is 1. The summed E-state index contributed by atoms with van der Waals surface area (Å²) in [6.07, 6.45) is 0.369. The summed E-state index contributed by atoms with van der Waals surface area (Å²) < 4.78 is 10.7. The first-order chi connectivity index (χ1) is 13.2. The Hall–Kier alpha value is -2.37. The molecule has 0 radical (unpaired) electrons. The standard InChI is InChI=1S/C22H28N2O3/c1-17-3-7-19(8-4-17)21(24-11-13-27-14-12-24)16-23-22(25)15-18-5-9-20(26-2)10-6-18/h3-10,21H,11-16H2,1-2H3,(H,23,25). The Bertz CT molecular complexity index is 722. The highest BCUT2D eigenvalue weighted by Gasteiger charge is 2.23. The number of ether oxygens (including phenoxy) is 2. The summed E-state index contributed by atoms with van der Waals surface area (Å²) in [5, 5.41) is 3.12. The maximum atomic E-state index is 12.5. The van der Waals surface area contributed by atoms with E-state index in [1.165, 1.54) is 11.1 Å². The molecule has 1 heterocycles. The van der Waals surface area contributed by atoms with Gasteiger partial charge >= 0.3 is 0 Å². The predicted molar refractivity (Wildman–Crippen MR) is 106 cm³/mol. The van der Waals surface area contributed by atoms with E-state index in [-0.39, 0.29) is 11.9 Å². The molecule has 1 unspecified atom stereocenters. The number of nitrogens with one attached hydrogen (secondary N) is 1. The van der Waals surface area contributed by atoms with Crippen LogP contribution in [-0.4, -0.2) is 50.8 Å². The van der Waals surface area contributed by atoms with Gasteiger partial charge in [0, 0.05) is 19.6 Å². The molecule has 0 aliphatic carbocycles. The van der Waals surface area contributed by atoms with Gasteiger partial charge in [-0.15, -0.1) is 0 Å². The second-order valence-electron chi connectivity index (χ2n) is 6.90. The van der Waals surface area contributed by atoms with Gasteiger partial charge < -0.3 is 14.8 Å². The number of morpholine rings is 1. The van der Waals surface area contributed by atoms with E-state index >= 15 is 0 Å². The first kappa shape index (κ1) is 19.4. The number of rotatable bonds is 7. The molecule has 2 aromatic carbocycles. The maximum absolute atomic E-state index is 12.5. The van der Waals surface area contributed by atoms with Crippen molar-refractivity contribution >= 4 is 5.91 Å². The zero-order valence-electron chi connectivity index (χ0n) is 16.1. The molecule has 5 nitrogen and oxygen atoms in total. The normalized spacial score (nSPS) is 15.9. The Morgan fingerprint density at radius 2 is 1.78 bits per heavy atom. The highest BCUT2D eigenvalue weighted by atomic mass is 16.5. The van der Waals surface area contributed by atoms with Crippen LogP contribution in [0.4, 0.5) is 0 Å². The highest BCUT2D eigenvalue weighted by Crippen LogP contribution is 2.22. The topological polar surface area (TPSA) is 50.8 Å². The van der Waals surface area contributed by atoms with Gasteiger partial charge in [-0.1, -0.05) is 42.0 Å². The van der Waals surface area contributed by atoms with Gasteiger partial charge in [0.2, 0.25) is 5.91 Å². The number of hydrogen-bond acceptors (Lipinski definition) is 4. The molecule has 5 heteroatoms. The number of nitrogens with zero attached hydrogens (tertiary/aromatic N) is 1. The van der Waals surface area contributed by atoms with Gasteiger partial charge in [0.15, 0.2) is 0 Å². The van der Waals surface area contributed by atoms with Crippen LogP contribution in [0.15, 0.2) is 48.5 Å². The summed E-state index contributed by atoms with van der Waals surface area (Å²) in [5.74, 6) is 0.830. The van der Waals surface area contributed by atoms with Crippen molar-refractivity contribution in [2.75, 3.05) is 40.0 Å². The fourth-order valence-electron chi connectivity index (χ4n) is 3.34. The van der Waals surface area contributed by atoms with E-state index in [0.717, 1.165) is 37.6 Å². The lowest BCUT2D eigenvalue weighted by atomic mass is 10.0.